The summed E-state index contributed by atoms with van der Waals surface area (Å²) in [7, 11) is -3.36. The maximum absolute atomic E-state index is 11.8. The zero-order valence-electron chi connectivity index (χ0n) is 10.6. The fourth-order valence-electron chi connectivity index (χ4n) is 1.45. The molecule has 4 nitrogen and oxygen atoms in total. The number of rotatable bonds is 7. The van der Waals surface area contributed by atoms with E-state index in [1.165, 1.54) is 0 Å². The molecule has 0 bridgehead atoms. The van der Waals surface area contributed by atoms with Crippen molar-refractivity contribution in [3.63, 3.8) is 0 Å². The summed E-state index contributed by atoms with van der Waals surface area (Å²) in [6.07, 6.45) is 0.423. The van der Waals surface area contributed by atoms with Gasteiger partial charge in [-0.2, -0.15) is 0 Å². The molecule has 0 aliphatic rings. The van der Waals surface area contributed by atoms with Gasteiger partial charge < -0.3 is 4.74 Å². The van der Waals surface area contributed by atoms with E-state index in [4.69, 9.17) is 16.3 Å². The molecule has 0 radical (unpaired) electrons. The molecule has 1 rings (SSSR count). The molecule has 1 aromatic carbocycles. The fraction of sp³-hybridized carbons (Fsp3) is 0.500. The van der Waals surface area contributed by atoms with Crippen LogP contribution in [0.5, 0.6) is 5.75 Å². The van der Waals surface area contributed by atoms with E-state index in [0.29, 0.717) is 30.3 Å². The number of anilines is 1. The Morgan fingerprint density at radius 2 is 2.11 bits per heavy atom. The number of sulfonamides is 1. The molecule has 0 heterocycles. The van der Waals surface area contributed by atoms with Crippen LogP contribution in [0.1, 0.15) is 18.9 Å². The van der Waals surface area contributed by atoms with Gasteiger partial charge in [-0.3, -0.25) is 4.72 Å². The zero-order chi connectivity index (χ0) is 13.6. The van der Waals surface area contributed by atoms with Crippen molar-refractivity contribution < 1.29 is 13.2 Å². The standard InChI is InChI=1S/C12H18ClNO3S/c1-3-17-12-9-10(2)5-6-11(12)14-18(15,16)8-4-7-13/h5-6,9,14H,3-4,7-8H2,1-2H3. The molecule has 102 valence electrons. The van der Waals surface area contributed by atoms with Crippen molar-refractivity contribution in [2.45, 2.75) is 20.3 Å². The molecule has 6 heteroatoms. The van der Waals surface area contributed by atoms with Gasteiger partial charge in [0.1, 0.15) is 5.75 Å². The molecular weight excluding hydrogens is 274 g/mol. The lowest BCUT2D eigenvalue weighted by molar-refractivity contribution is 0.342. The SMILES string of the molecule is CCOc1cc(C)ccc1NS(=O)(=O)CCCCl. The van der Waals surface area contributed by atoms with Crippen LogP contribution in [0.15, 0.2) is 18.2 Å². The summed E-state index contributed by atoms with van der Waals surface area (Å²) in [5.41, 5.74) is 1.49. The number of hydrogen-bond acceptors (Lipinski definition) is 3. The molecule has 18 heavy (non-hydrogen) atoms. The lowest BCUT2D eigenvalue weighted by Crippen LogP contribution is -2.17. The van der Waals surface area contributed by atoms with Crippen molar-refractivity contribution in [3.05, 3.63) is 23.8 Å². The van der Waals surface area contributed by atoms with Crippen LogP contribution in [0.25, 0.3) is 0 Å². The van der Waals surface area contributed by atoms with Crippen molar-refractivity contribution in [3.8, 4) is 5.75 Å². The van der Waals surface area contributed by atoms with Gasteiger partial charge in [-0.1, -0.05) is 6.07 Å². The van der Waals surface area contributed by atoms with Gasteiger partial charge in [0.05, 0.1) is 18.0 Å². The molecule has 0 atom stereocenters. The molecule has 0 amide bonds. The molecule has 0 fully saturated rings. The first kappa shape index (κ1) is 15.1. The Balaban J connectivity index is 2.89. The van der Waals surface area contributed by atoms with Crippen LogP contribution < -0.4 is 9.46 Å². The van der Waals surface area contributed by atoms with Crippen molar-refractivity contribution in [2.24, 2.45) is 0 Å². The molecule has 0 unspecified atom stereocenters. The summed E-state index contributed by atoms with van der Waals surface area (Å²) in [5.74, 6) is 0.884. The summed E-state index contributed by atoms with van der Waals surface area (Å²) in [4.78, 5) is 0. The van der Waals surface area contributed by atoms with E-state index in [0.717, 1.165) is 5.56 Å². The molecule has 0 saturated heterocycles. The van der Waals surface area contributed by atoms with Gasteiger partial charge in [0.25, 0.3) is 0 Å². The maximum Gasteiger partial charge on any atom is 0.232 e. The Kier molecular flexibility index (Phi) is 5.75. The Morgan fingerprint density at radius 3 is 2.72 bits per heavy atom. The summed E-state index contributed by atoms with van der Waals surface area (Å²) in [6, 6.07) is 5.35. The van der Waals surface area contributed by atoms with Crippen LogP contribution >= 0.6 is 11.6 Å². The van der Waals surface area contributed by atoms with E-state index in [2.05, 4.69) is 4.72 Å². The van der Waals surface area contributed by atoms with Gasteiger partial charge in [-0.05, 0) is 38.0 Å². The number of aryl methyl sites for hydroxylation is 1. The minimum Gasteiger partial charge on any atom is -0.492 e. The Bertz CT molecular complexity index is 488. The Labute approximate surface area is 113 Å². The average molecular weight is 292 g/mol. The highest BCUT2D eigenvalue weighted by Gasteiger charge is 2.13. The Morgan fingerprint density at radius 1 is 1.39 bits per heavy atom. The second-order valence-corrected chi connectivity index (χ2v) is 6.12. The van der Waals surface area contributed by atoms with E-state index < -0.39 is 10.0 Å². The first-order chi connectivity index (χ1) is 8.48. The van der Waals surface area contributed by atoms with Crippen molar-refractivity contribution in [1.29, 1.82) is 0 Å². The van der Waals surface area contributed by atoms with E-state index in [9.17, 15) is 8.42 Å². The van der Waals surface area contributed by atoms with Gasteiger partial charge in [-0.15, -0.1) is 11.6 Å². The molecule has 0 saturated carbocycles. The minimum atomic E-state index is -3.36. The van der Waals surface area contributed by atoms with E-state index >= 15 is 0 Å². The van der Waals surface area contributed by atoms with Crippen LogP contribution in [0.4, 0.5) is 5.69 Å². The van der Waals surface area contributed by atoms with Gasteiger partial charge in [0, 0.05) is 5.88 Å². The van der Waals surface area contributed by atoms with E-state index in [-0.39, 0.29) is 5.75 Å². The highest BCUT2D eigenvalue weighted by Crippen LogP contribution is 2.26. The largest absolute Gasteiger partial charge is 0.492 e. The molecule has 0 aliphatic carbocycles. The third kappa shape index (κ3) is 4.74. The fourth-order valence-corrected chi connectivity index (χ4v) is 2.87. The quantitative estimate of drug-likeness (QED) is 0.786. The smallest absolute Gasteiger partial charge is 0.232 e. The van der Waals surface area contributed by atoms with Gasteiger partial charge in [-0.25, -0.2) is 8.42 Å². The normalized spacial score (nSPS) is 11.3. The second-order valence-electron chi connectivity index (χ2n) is 3.90. The topological polar surface area (TPSA) is 55.4 Å². The predicted octanol–water partition coefficient (Wildman–Crippen LogP) is 2.76. The van der Waals surface area contributed by atoms with Crippen LogP contribution in [-0.2, 0) is 10.0 Å². The average Bonchev–Trinajstić information content (AvgIpc) is 2.30. The first-order valence-corrected chi connectivity index (χ1v) is 7.97. The number of alkyl halides is 1. The van der Waals surface area contributed by atoms with Crippen LogP contribution in [-0.4, -0.2) is 26.7 Å². The molecule has 0 aromatic heterocycles. The van der Waals surface area contributed by atoms with Crippen molar-refractivity contribution in [1.82, 2.24) is 0 Å². The first-order valence-electron chi connectivity index (χ1n) is 5.78. The molecule has 0 aliphatic heterocycles. The van der Waals surface area contributed by atoms with Gasteiger partial charge in [0.15, 0.2) is 0 Å². The zero-order valence-corrected chi connectivity index (χ0v) is 12.1. The Hall–Kier alpha value is -0.940. The third-order valence-electron chi connectivity index (χ3n) is 2.25. The third-order valence-corrected chi connectivity index (χ3v) is 3.87. The maximum atomic E-state index is 11.8. The summed E-state index contributed by atoms with van der Waals surface area (Å²) < 4.78 is 31.5. The number of ether oxygens (including phenoxy) is 1. The number of benzene rings is 1. The summed E-state index contributed by atoms with van der Waals surface area (Å²) in [6.45, 7) is 4.27. The number of hydrogen-bond donors (Lipinski definition) is 1. The molecule has 1 N–H and O–H groups in total. The van der Waals surface area contributed by atoms with Crippen LogP contribution in [0.3, 0.4) is 0 Å². The lowest BCUT2D eigenvalue weighted by atomic mass is 10.2. The highest BCUT2D eigenvalue weighted by atomic mass is 35.5. The van der Waals surface area contributed by atoms with Crippen LogP contribution in [0.2, 0.25) is 0 Å². The molecule has 1 aromatic rings. The molecule has 0 spiro atoms. The summed E-state index contributed by atoms with van der Waals surface area (Å²) >= 11 is 5.50. The van der Waals surface area contributed by atoms with Crippen molar-refractivity contribution in [2.75, 3.05) is 23.0 Å². The van der Waals surface area contributed by atoms with E-state index in [1.807, 2.05) is 26.0 Å². The highest BCUT2D eigenvalue weighted by molar-refractivity contribution is 7.92. The summed E-state index contributed by atoms with van der Waals surface area (Å²) in [5, 5.41) is 0. The predicted molar refractivity (Wildman–Crippen MR) is 75.1 cm³/mol. The lowest BCUT2D eigenvalue weighted by Gasteiger charge is -2.13. The second kappa shape index (κ2) is 6.85. The van der Waals surface area contributed by atoms with Gasteiger partial charge >= 0.3 is 0 Å². The monoisotopic (exact) mass is 291 g/mol. The van der Waals surface area contributed by atoms with Crippen molar-refractivity contribution >= 4 is 27.3 Å². The minimum absolute atomic E-state index is 0.00986. The number of halogens is 1. The van der Waals surface area contributed by atoms with Crippen LogP contribution in [0, 0.1) is 6.92 Å². The molecular formula is C12H18ClNO3S. The number of nitrogens with one attached hydrogen (secondary N) is 1. The van der Waals surface area contributed by atoms with E-state index in [1.54, 1.807) is 6.07 Å². The van der Waals surface area contributed by atoms with Gasteiger partial charge in [0.2, 0.25) is 10.0 Å².